The number of hydrogen-bond acceptors (Lipinski definition) is 6. The molecule has 0 spiro atoms. The Bertz CT molecular complexity index is 988. The number of halogens is 1. The molecule has 3 heterocycles. The Morgan fingerprint density at radius 3 is 2.71 bits per heavy atom. The van der Waals surface area contributed by atoms with Crippen LogP contribution in [0.1, 0.15) is 34.6 Å². The van der Waals surface area contributed by atoms with Crippen molar-refractivity contribution in [2.45, 2.75) is 25.8 Å². The highest BCUT2D eigenvalue weighted by Gasteiger charge is 2.07. The number of nitrogens with zero attached hydrogens (tertiary/aromatic N) is 4. The minimum absolute atomic E-state index is 0.155. The van der Waals surface area contributed by atoms with Gasteiger partial charge in [0.1, 0.15) is 5.69 Å². The van der Waals surface area contributed by atoms with E-state index >= 15 is 0 Å². The van der Waals surface area contributed by atoms with Gasteiger partial charge in [-0.3, -0.25) is 24.1 Å². The summed E-state index contributed by atoms with van der Waals surface area (Å²) in [7, 11) is 0. The molecular weight excluding hydrogens is 378 g/mol. The fourth-order valence-electron chi connectivity index (χ4n) is 2.73. The number of carbonyl (C=O) groups is 1. The van der Waals surface area contributed by atoms with Gasteiger partial charge in [0.25, 0.3) is 5.56 Å². The smallest absolute Gasteiger partial charge is 0.255 e. The maximum absolute atomic E-state index is 12.3. The van der Waals surface area contributed by atoms with Crippen LogP contribution in [0, 0.1) is 0 Å². The van der Waals surface area contributed by atoms with Crippen molar-refractivity contribution < 1.29 is 4.79 Å². The van der Waals surface area contributed by atoms with E-state index in [0.29, 0.717) is 36.0 Å². The molecule has 8 heteroatoms. The first-order valence-electron chi connectivity index (χ1n) is 8.96. The van der Waals surface area contributed by atoms with E-state index in [9.17, 15) is 9.59 Å². The lowest BCUT2D eigenvalue weighted by Crippen LogP contribution is -2.24. The Morgan fingerprint density at radius 2 is 1.96 bits per heavy atom. The zero-order chi connectivity index (χ0) is 19.8. The van der Waals surface area contributed by atoms with E-state index in [-0.39, 0.29) is 5.56 Å². The van der Waals surface area contributed by atoms with Crippen LogP contribution in [0.2, 0.25) is 5.02 Å². The van der Waals surface area contributed by atoms with Crippen molar-refractivity contribution in [2.75, 3.05) is 11.9 Å². The van der Waals surface area contributed by atoms with Gasteiger partial charge in [0.15, 0.2) is 6.29 Å². The maximum atomic E-state index is 12.3. The highest BCUT2D eigenvalue weighted by atomic mass is 35.5. The monoisotopic (exact) mass is 397 g/mol. The molecule has 3 aromatic rings. The maximum Gasteiger partial charge on any atom is 0.255 e. The second-order valence-electron chi connectivity index (χ2n) is 6.22. The van der Waals surface area contributed by atoms with Gasteiger partial charge in [-0.15, -0.1) is 0 Å². The van der Waals surface area contributed by atoms with Gasteiger partial charge in [0, 0.05) is 31.2 Å². The molecule has 0 radical (unpaired) electrons. The summed E-state index contributed by atoms with van der Waals surface area (Å²) in [5.74, 6) is 0.503. The normalized spacial score (nSPS) is 10.6. The summed E-state index contributed by atoms with van der Waals surface area (Å²) in [5.41, 5.74) is 1.91. The molecule has 0 saturated heterocycles. The number of pyridine rings is 2. The Hall–Kier alpha value is -3.06. The zero-order valence-corrected chi connectivity index (χ0v) is 16.0. The number of carbonyl (C=O) groups excluding carboxylic acids is 1. The van der Waals surface area contributed by atoms with Crippen molar-refractivity contribution in [3.8, 4) is 0 Å². The van der Waals surface area contributed by atoms with Gasteiger partial charge in [0.2, 0.25) is 5.95 Å². The van der Waals surface area contributed by atoms with Crippen LogP contribution in [0.3, 0.4) is 0 Å². The number of aryl methyl sites for hydroxylation is 1. The van der Waals surface area contributed by atoms with E-state index in [2.05, 4.69) is 20.3 Å². The molecule has 3 rings (SSSR count). The quantitative estimate of drug-likeness (QED) is 0.441. The largest absolute Gasteiger partial charge is 0.356 e. The van der Waals surface area contributed by atoms with Crippen LogP contribution in [0.15, 0.2) is 53.7 Å². The fourth-order valence-corrected chi connectivity index (χ4v) is 2.95. The van der Waals surface area contributed by atoms with Crippen LogP contribution in [-0.4, -0.2) is 32.3 Å². The predicted octanol–water partition coefficient (Wildman–Crippen LogP) is 2.98. The van der Waals surface area contributed by atoms with Crippen LogP contribution < -0.4 is 10.9 Å². The minimum atomic E-state index is -0.155. The molecule has 0 aromatic carbocycles. The minimum Gasteiger partial charge on any atom is -0.356 e. The van der Waals surface area contributed by atoms with E-state index in [0.717, 1.165) is 30.5 Å². The third-order valence-electron chi connectivity index (χ3n) is 4.20. The third kappa shape index (κ3) is 5.23. The molecule has 7 nitrogen and oxygen atoms in total. The second kappa shape index (κ2) is 9.75. The molecule has 28 heavy (non-hydrogen) atoms. The van der Waals surface area contributed by atoms with Crippen molar-refractivity contribution in [3.63, 3.8) is 0 Å². The molecule has 0 atom stereocenters. The van der Waals surface area contributed by atoms with E-state index in [4.69, 9.17) is 11.6 Å². The lowest BCUT2D eigenvalue weighted by atomic mass is 10.2. The van der Waals surface area contributed by atoms with E-state index < -0.39 is 0 Å². The molecule has 0 aliphatic carbocycles. The van der Waals surface area contributed by atoms with Crippen LogP contribution in [-0.2, 0) is 13.0 Å². The molecule has 0 fully saturated rings. The number of nitrogens with one attached hydrogen (secondary N) is 1. The Kier molecular flexibility index (Phi) is 6.86. The summed E-state index contributed by atoms with van der Waals surface area (Å²) in [4.78, 5) is 35.6. The predicted molar refractivity (Wildman–Crippen MR) is 108 cm³/mol. The van der Waals surface area contributed by atoms with Gasteiger partial charge in [0.05, 0.1) is 17.3 Å². The van der Waals surface area contributed by atoms with Crippen molar-refractivity contribution in [2.24, 2.45) is 0 Å². The Labute approximate surface area is 167 Å². The summed E-state index contributed by atoms with van der Waals surface area (Å²) in [5, 5.41) is 3.90. The van der Waals surface area contributed by atoms with Gasteiger partial charge in [-0.25, -0.2) is 4.98 Å². The SMILES string of the molecule is O=Cc1ccc(Cn2c(NCCCCc3ncccc3Cl)nccc2=O)cn1. The summed E-state index contributed by atoms with van der Waals surface area (Å²) in [6, 6.07) is 8.47. The first kappa shape index (κ1) is 19.7. The van der Waals surface area contributed by atoms with Crippen LogP contribution in [0.4, 0.5) is 5.95 Å². The van der Waals surface area contributed by atoms with Gasteiger partial charge in [-0.1, -0.05) is 17.7 Å². The van der Waals surface area contributed by atoms with Crippen molar-refractivity contribution in [1.29, 1.82) is 0 Å². The molecule has 1 N–H and O–H groups in total. The van der Waals surface area contributed by atoms with Crippen LogP contribution in [0.25, 0.3) is 0 Å². The number of aromatic nitrogens is 4. The van der Waals surface area contributed by atoms with E-state index in [1.807, 2.05) is 12.1 Å². The topological polar surface area (TPSA) is 89.8 Å². The Balaban J connectivity index is 1.58. The second-order valence-corrected chi connectivity index (χ2v) is 6.62. The van der Waals surface area contributed by atoms with Gasteiger partial charge < -0.3 is 5.32 Å². The number of anilines is 1. The Morgan fingerprint density at radius 1 is 1.07 bits per heavy atom. The van der Waals surface area contributed by atoms with Crippen molar-refractivity contribution in [1.82, 2.24) is 19.5 Å². The average Bonchev–Trinajstić information content (AvgIpc) is 2.72. The van der Waals surface area contributed by atoms with E-state index in [1.165, 1.54) is 12.3 Å². The molecule has 0 aliphatic heterocycles. The average molecular weight is 398 g/mol. The molecular formula is C20H20ClN5O2. The van der Waals surface area contributed by atoms with Crippen molar-refractivity contribution in [3.05, 3.63) is 81.3 Å². The number of aldehydes is 1. The standard InChI is InChI=1S/C20H20ClN5O2/c21-17-4-3-10-22-18(17)5-1-2-9-23-20-24-11-8-19(28)26(20)13-15-6-7-16(14-27)25-12-15/h3-4,6-8,10-12,14H,1-2,5,9,13H2,(H,23,24). The van der Waals surface area contributed by atoms with Crippen molar-refractivity contribution >= 4 is 23.8 Å². The molecule has 0 saturated carbocycles. The van der Waals surface area contributed by atoms with Gasteiger partial charge in [-0.2, -0.15) is 0 Å². The third-order valence-corrected chi connectivity index (χ3v) is 4.55. The molecule has 144 valence electrons. The summed E-state index contributed by atoms with van der Waals surface area (Å²) in [6.45, 7) is 0.994. The van der Waals surface area contributed by atoms with Gasteiger partial charge in [-0.05, 0) is 43.0 Å². The number of unbranched alkanes of at least 4 members (excludes halogenated alkanes) is 1. The molecule has 0 amide bonds. The summed E-state index contributed by atoms with van der Waals surface area (Å²) in [6.07, 6.45) is 8.09. The lowest BCUT2D eigenvalue weighted by molar-refractivity contribution is 0.111. The molecule has 0 aliphatic rings. The zero-order valence-electron chi connectivity index (χ0n) is 15.2. The van der Waals surface area contributed by atoms with Gasteiger partial charge >= 0.3 is 0 Å². The first-order valence-corrected chi connectivity index (χ1v) is 9.34. The number of rotatable bonds is 9. The molecule has 0 unspecified atom stereocenters. The lowest BCUT2D eigenvalue weighted by Gasteiger charge is -2.13. The molecule has 3 aromatic heterocycles. The van der Waals surface area contributed by atoms with Crippen LogP contribution in [0.5, 0.6) is 0 Å². The molecule has 0 bridgehead atoms. The first-order chi connectivity index (χ1) is 13.7. The van der Waals surface area contributed by atoms with E-state index in [1.54, 1.807) is 29.1 Å². The number of hydrogen-bond donors (Lipinski definition) is 1. The summed E-state index contributed by atoms with van der Waals surface area (Å²) < 4.78 is 1.55. The summed E-state index contributed by atoms with van der Waals surface area (Å²) >= 11 is 6.12. The highest BCUT2D eigenvalue weighted by molar-refractivity contribution is 6.31. The fraction of sp³-hybridized carbons (Fsp3) is 0.250. The van der Waals surface area contributed by atoms with Crippen LogP contribution >= 0.6 is 11.6 Å². The highest BCUT2D eigenvalue weighted by Crippen LogP contribution is 2.14.